The second-order valence-electron chi connectivity index (χ2n) is 8.33. The molecule has 1 amide bonds. The number of benzene rings is 1. The molecular formula is C22H25FN5O2+. The highest BCUT2D eigenvalue weighted by Gasteiger charge is 2.46. The lowest BCUT2D eigenvalue weighted by molar-refractivity contribution is -0.945. The van der Waals surface area contributed by atoms with E-state index in [-0.39, 0.29) is 17.6 Å². The standard InChI is InChI=1S/C22H24FN5O2/c23-17-5-3-15(4-6-17)21-14-28(26-25-21)12-18-10-16-7-8-27(18)13-20(16)22(29)24-11-19-2-1-9-30-19/h1-6,9,14,16,18,20H,7-8,10-13H2,(H,24,29)/p+1/t16-,18-,20+/m1/s1. The van der Waals surface area contributed by atoms with Gasteiger partial charge in [-0.15, -0.1) is 5.10 Å². The maximum absolute atomic E-state index is 13.1. The molecule has 3 aromatic rings. The van der Waals surface area contributed by atoms with Gasteiger partial charge in [-0.3, -0.25) is 4.79 Å². The van der Waals surface area contributed by atoms with Crippen LogP contribution in [0.4, 0.5) is 4.39 Å². The van der Waals surface area contributed by atoms with Gasteiger partial charge in [0.25, 0.3) is 0 Å². The number of carbonyl (C=O) groups excluding carboxylic acids is 1. The number of quaternary nitrogens is 1. The first-order valence-corrected chi connectivity index (χ1v) is 10.5. The minimum atomic E-state index is -0.261. The van der Waals surface area contributed by atoms with Crippen LogP contribution in [0.15, 0.2) is 53.3 Å². The Labute approximate surface area is 173 Å². The molecular weight excluding hydrogens is 385 g/mol. The summed E-state index contributed by atoms with van der Waals surface area (Å²) in [7, 11) is 0. The van der Waals surface area contributed by atoms with Crippen molar-refractivity contribution < 1.29 is 18.5 Å². The first-order valence-electron chi connectivity index (χ1n) is 10.5. The van der Waals surface area contributed by atoms with E-state index in [4.69, 9.17) is 4.42 Å². The highest BCUT2D eigenvalue weighted by Crippen LogP contribution is 2.28. The molecule has 0 radical (unpaired) electrons. The van der Waals surface area contributed by atoms with Gasteiger partial charge >= 0.3 is 0 Å². The molecule has 0 saturated carbocycles. The number of furan rings is 1. The lowest BCUT2D eigenvalue weighted by Gasteiger charge is -2.46. The van der Waals surface area contributed by atoms with Crippen LogP contribution in [0.5, 0.6) is 0 Å². The monoisotopic (exact) mass is 410 g/mol. The molecule has 3 aliphatic heterocycles. The molecule has 0 aliphatic carbocycles. The van der Waals surface area contributed by atoms with Crippen LogP contribution in [0.1, 0.15) is 18.6 Å². The van der Waals surface area contributed by atoms with Gasteiger partial charge in [0.15, 0.2) is 0 Å². The second-order valence-corrected chi connectivity index (χ2v) is 8.33. The van der Waals surface area contributed by atoms with E-state index < -0.39 is 0 Å². The van der Waals surface area contributed by atoms with Crippen molar-refractivity contribution in [3.05, 3.63) is 60.4 Å². The topological polar surface area (TPSA) is 77.4 Å². The first-order chi connectivity index (χ1) is 14.7. The summed E-state index contributed by atoms with van der Waals surface area (Å²) in [6.07, 6.45) is 5.64. The van der Waals surface area contributed by atoms with Crippen molar-refractivity contribution in [2.24, 2.45) is 11.8 Å². The Kier molecular flexibility index (Phi) is 5.08. The molecule has 2 aromatic heterocycles. The molecule has 2 N–H and O–H groups in total. The van der Waals surface area contributed by atoms with Crippen LogP contribution in [-0.4, -0.2) is 40.0 Å². The number of halogens is 1. The summed E-state index contributed by atoms with van der Waals surface area (Å²) in [5, 5.41) is 11.5. The van der Waals surface area contributed by atoms with Crippen LogP contribution in [0, 0.1) is 17.7 Å². The first kappa shape index (κ1) is 19.0. The van der Waals surface area contributed by atoms with Crippen LogP contribution < -0.4 is 10.2 Å². The van der Waals surface area contributed by atoms with E-state index in [1.807, 2.05) is 23.0 Å². The fraction of sp³-hybridized carbons (Fsp3) is 0.409. The fourth-order valence-corrected chi connectivity index (χ4v) is 4.90. The lowest BCUT2D eigenvalue weighted by Crippen LogP contribution is -3.20. The molecule has 5 heterocycles. The number of carbonyl (C=O) groups is 1. The molecule has 156 valence electrons. The Hall–Kier alpha value is -3.00. The number of amides is 1. The highest BCUT2D eigenvalue weighted by atomic mass is 19.1. The number of hydrogen-bond donors (Lipinski definition) is 2. The van der Waals surface area contributed by atoms with Crippen molar-refractivity contribution in [2.45, 2.75) is 32.0 Å². The second kappa shape index (κ2) is 8.02. The van der Waals surface area contributed by atoms with Gasteiger partial charge in [0.2, 0.25) is 5.91 Å². The van der Waals surface area contributed by atoms with Gasteiger partial charge < -0.3 is 14.6 Å². The number of fused-ring (bicyclic) bond motifs is 3. The SMILES string of the molecule is O=C(NCc1ccco1)[C@H]1C[NH+]2CC[C@@H]1C[C@@H]2Cn1cc(-c2ccc(F)cc2)nn1. The van der Waals surface area contributed by atoms with Gasteiger partial charge in [0.1, 0.15) is 23.3 Å². The summed E-state index contributed by atoms with van der Waals surface area (Å²) >= 11 is 0. The minimum absolute atomic E-state index is 0.0606. The van der Waals surface area contributed by atoms with Crippen molar-refractivity contribution in [1.82, 2.24) is 20.3 Å². The number of rotatable bonds is 6. The Bertz CT molecular complexity index is 1000. The Morgan fingerprint density at radius 1 is 1.30 bits per heavy atom. The zero-order valence-electron chi connectivity index (χ0n) is 16.6. The third kappa shape index (κ3) is 3.87. The molecule has 8 heteroatoms. The predicted octanol–water partition coefficient (Wildman–Crippen LogP) is 1.29. The zero-order valence-corrected chi connectivity index (χ0v) is 16.6. The van der Waals surface area contributed by atoms with E-state index >= 15 is 0 Å². The van der Waals surface area contributed by atoms with Crippen LogP contribution in [0.3, 0.4) is 0 Å². The van der Waals surface area contributed by atoms with Crippen molar-refractivity contribution in [2.75, 3.05) is 13.1 Å². The van der Waals surface area contributed by atoms with Crippen LogP contribution in [0.25, 0.3) is 11.3 Å². The van der Waals surface area contributed by atoms with Gasteiger partial charge in [-0.05, 0) is 42.3 Å². The maximum atomic E-state index is 13.1. The zero-order chi connectivity index (χ0) is 20.5. The van der Waals surface area contributed by atoms with E-state index in [1.165, 1.54) is 17.0 Å². The summed E-state index contributed by atoms with van der Waals surface area (Å²) in [6.45, 7) is 3.18. The van der Waals surface area contributed by atoms with E-state index in [9.17, 15) is 9.18 Å². The van der Waals surface area contributed by atoms with E-state index in [2.05, 4.69) is 15.6 Å². The number of aromatic nitrogens is 3. The highest BCUT2D eigenvalue weighted by molar-refractivity contribution is 5.79. The number of hydrogen-bond acceptors (Lipinski definition) is 4. The molecule has 6 rings (SSSR count). The van der Waals surface area contributed by atoms with Gasteiger partial charge in [0, 0.05) is 18.4 Å². The van der Waals surface area contributed by atoms with E-state index in [1.54, 1.807) is 18.4 Å². The number of nitrogens with zero attached hydrogens (tertiary/aromatic N) is 3. The normalized spacial score (nSPS) is 25.4. The van der Waals surface area contributed by atoms with Crippen molar-refractivity contribution in [3.63, 3.8) is 0 Å². The number of nitrogens with one attached hydrogen (secondary N) is 2. The Morgan fingerprint density at radius 2 is 2.17 bits per heavy atom. The van der Waals surface area contributed by atoms with Gasteiger partial charge in [-0.2, -0.15) is 0 Å². The summed E-state index contributed by atoms with van der Waals surface area (Å²) in [5.74, 6) is 1.11. The average Bonchev–Trinajstić information content (AvgIpc) is 3.45. The minimum Gasteiger partial charge on any atom is -0.467 e. The molecule has 1 unspecified atom stereocenters. The third-order valence-corrected chi connectivity index (χ3v) is 6.49. The molecule has 0 spiro atoms. The Balaban J connectivity index is 1.19. The molecule has 2 bridgehead atoms. The van der Waals surface area contributed by atoms with E-state index in [0.29, 0.717) is 18.5 Å². The summed E-state index contributed by atoms with van der Waals surface area (Å²) < 4.78 is 20.3. The van der Waals surface area contributed by atoms with Crippen molar-refractivity contribution in [3.8, 4) is 11.3 Å². The molecule has 1 aromatic carbocycles. The summed E-state index contributed by atoms with van der Waals surface area (Å²) in [5.41, 5.74) is 1.60. The largest absolute Gasteiger partial charge is 0.467 e. The quantitative estimate of drug-likeness (QED) is 0.642. The van der Waals surface area contributed by atoms with Gasteiger partial charge in [-0.1, -0.05) is 5.21 Å². The van der Waals surface area contributed by atoms with Gasteiger partial charge in [0.05, 0.1) is 44.6 Å². The molecule has 30 heavy (non-hydrogen) atoms. The van der Waals surface area contributed by atoms with Crippen LogP contribution in [0.2, 0.25) is 0 Å². The Morgan fingerprint density at radius 3 is 2.90 bits per heavy atom. The van der Waals surface area contributed by atoms with Crippen molar-refractivity contribution in [1.29, 1.82) is 0 Å². The van der Waals surface area contributed by atoms with Crippen LogP contribution >= 0.6 is 0 Å². The fourth-order valence-electron chi connectivity index (χ4n) is 4.90. The summed E-state index contributed by atoms with van der Waals surface area (Å²) in [4.78, 5) is 14.2. The average molecular weight is 410 g/mol. The predicted molar refractivity (Wildman–Crippen MR) is 107 cm³/mol. The summed E-state index contributed by atoms with van der Waals surface area (Å²) in [6, 6.07) is 10.4. The van der Waals surface area contributed by atoms with E-state index in [0.717, 1.165) is 49.5 Å². The number of piperidine rings is 3. The molecule has 3 saturated heterocycles. The molecule has 7 nitrogen and oxygen atoms in total. The van der Waals surface area contributed by atoms with Gasteiger partial charge in [-0.25, -0.2) is 9.07 Å². The molecule has 4 atom stereocenters. The van der Waals surface area contributed by atoms with Crippen LogP contribution in [-0.2, 0) is 17.9 Å². The maximum Gasteiger partial charge on any atom is 0.229 e. The third-order valence-electron chi connectivity index (χ3n) is 6.49. The lowest BCUT2D eigenvalue weighted by atomic mass is 9.75. The smallest absolute Gasteiger partial charge is 0.229 e. The van der Waals surface area contributed by atoms with Crippen molar-refractivity contribution >= 4 is 5.91 Å². The molecule has 3 fully saturated rings. The molecule has 3 aliphatic rings.